The van der Waals surface area contributed by atoms with Crippen LogP contribution in [0.4, 0.5) is 5.69 Å². The van der Waals surface area contributed by atoms with Gasteiger partial charge in [-0.25, -0.2) is 15.2 Å². The normalized spacial score (nSPS) is 17.5. The number of hydrogen-bond donors (Lipinski definition) is 1. The van der Waals surface area contributed by atoms with Gasteiger partial charge in [0.2, 0.25) is 0 Å². The van der Waals surface area contributed by atoms with Crippen molar-refractivity contribution >= 4 is 28.3 Å². The van der Waals surface area contributed by atoms with Gasteiger partial charge in [0.25, 0.3) is 0 Å². The molecule has 1 atom stereocenters. The number of fused-ring (bicyclic) bond motifs is 2. The summed E-state index contributed by atoms with van der Waals surface area (Å²) in [6, 6.07) is 7.77. The third kappa shape index (κ3) is 3.90. The zero-order valence-electron chi connectivity index (χ0n) is 19.1. The molecule has 0 radical (unpaired) electrons. The van der Waals surface area contributed by atoms with Crippen molar-refractivity contribution in [1.29, 1.82) is 0 Å². The minimum Gasteiger partial charge on any atom is -0.336 e. The number of benzene rings is 1. The molecule has 4 rings (SSSR count). The third-order valence-corrected chi connectivity index (χ3v) is 6.17. The van der Waals surface area contributed by atoms with Crippen LogP contribution in [0.15, 0.2) is 48.9 Å². The van der Waals surface area contributed by atoms with Crippen LogP contribution in [0.2, 0.25) is 5.02 Å². The van der Waals surface area contributed by atoms with Gasteiger partial charge in [-0.2, -0.15) is 0 Å². The van der Waals surface area contributed by atoms with Crippen molar-refractivity contribution < 1.29 is 4.84 Å². The van der Waals surface area contributed by atoms with E-state index in [0.717, 1.165) is 47.5 Å². The van der Waals surface area contributed by atoms with Crippen molar-refractivity contribution in [3.63, 3.8) is 0 Å². The van der Waals surface area contributed by atoms with Crippen molar-refractivity contribution in [2.75, 3.05) is 17.6 Å². The maximum Gasteiger partial charge on any atom is 0.150 e. The smallest absolute Gasteiger partial charge is 0.150 e. The highest BCUT2D eigenvalue weighted by Gasteiger charge is 2.44. The summed E-state index contributed by atoms with van der Waals surface area (Å²) in [7, 11) is 1.58. The number of halogens is 1. The Morgan fingerprint density at radius 2 is 2.00 bits per heavy atom. The van der Waals surface area contributed by atoms with Gasteiger partial charge < -0.3 is 4.90 Å². The fraction of sp³-hybridized carbons (Fsp3) is 0.417. The summed E-state index contributed by atoms with van der Waals surface area (Å²) in [5.74, 6) is 0.809. The van der Waals surface area contributed by atoms with Gasteiger partial charge >= 0.3 is 0 Å². The second-order valence-electron chi connectivity index (χ2n) is 7.40. The standard InChI is InChI=1S/C22H26ClN5O.C2H6/c1-5-10-22(6-2)15(3)27(20-13-24-11-9-17(20)22)14-21-25-18-8-7-16(23)12-19(18)28(21)26-29-4;1-2/h7-9,11-13,26H,3,5-6,10,14H2,1-2,4H3;1-2H3. The van der Waals surface area contributed by atoms with Crippen molar-refractivity contribution in [3.8, 4) is 0 Å². The molecule has 1 aromatic carbocycles. The summed E-state index contributed by atoms with van der Waals surface area (Å²) in [6.07, 6.45) is 6.94. The molecule has 0 amide bonds. The topological polar surface area (TPSA) is 55.2 Å². The Bertz CT molecular complexity index is 1060. The van der Waals surface area contributed by atoms with Crippen LogP contribution < -0.4 is 10.5 Å². The first-order chi connectivity index (χ1) is 15.1. The largest absolute Gasteiger partial charge is 0.336 e. The monoisotopic (exact) mass is 441 g/mol. The average Bonchev–Trinajstić information content (AvgIpc) is 3.24. The van der Waals surface area contributed by atoms with E-state index in [1.165, 1.54) is 5.56 Å². The predicted octanol–water partition coefficient (Wildman–Crippen LogP) is 6.20. The van der Waals surface area contributed by atoms with Gasteiger partial charge in [0.1, 0.15) is 0 Å². The number of pyridine rings is 1. The van der Waals surface area contributed by atoms with Crippen LogP contribution in [0.3, 0.4) is 0 Å². The Balaban J connectivity index is 0.00000132. The van der Waals surface area contributed by atoms with Crippen LogP contribution in [0.5, 0.6) is 0 Å². The number of nitrogens with one attached hydrogen (secondary N) is 1. The Labute approximate surface area is 189 Å². The van der Waals surface area contributed by atoms with Gasteiger partial charge in [0.15, 0.2) is 5.82 Å². The van der Waals surface area contributed by atoms with Crippen LogP contribution >= 0.6 is 11.6 Å². The van der Waals surface area contributed by atoms with Crippen molar-refractivity contribution in [1.82, 2.24) is 14.6 Å². The minimum absolute atomic E-state index is 0.0676. The van der Waals surface area contributed by atoms with Crippen molar-refractivity contribution in [3.05, 3.63) is 65.3 Å². The van der Waals surface area contributed by atoms with E-state index in [1.54, 1.807) is 7.11 Å². The fourth-order valence-electron chi connectivity index (χ4n) is 4.56. The van der Waals surface area contributed by atoms with E-state index in [0.29, 0.717) is 11.6 Å². The van der Waals surface area contributed by atoms with E-state index in [1.807, 2.05) is 49.1 Å². The molecule has 166 valence electrons. The van der Waals surface area contributed by atoms with E-state index in [4.69, 9.17) is 21.4 Å². The molecule has 0 spiro atoms. The van der Waals surface area contributed by atoms with Gasteiger partial charge in [-0.15, -0.1) is 0 Å². The highest BCUT2D eigenvalue weighted by Crippen LogP contribution is 2.52. The summed E-state index contributed by atoms with van der Waals surface area (Å²) in [4.78, 5) is 16.7. The quantitative estimate of drug-likeness (QED) is 0.442. The molecule has 2 aromatic heterocycles. The first-order valence-electron chi connectivity index (χ1n) is 10.9. The van der Waals surface area contributed by atoms with E-state index in [-0.39, 0.29) is 5.41 Å². The van der Waals surface area contributed by atoms with Crippen molar-refractivity contribution in [2.24, 2.45) is 0 Å². The number of imidazole rings is 1. The van der Waals surface area contributed by atoms with Crippen LogP contribution in [0.1, 0.15) is 58.3 Å². The lowest BCUT2D eigenvalue weighted by Crippen LogP contribution is -2.31. The second-order valence-corrected chi connectivity index (χ2v) is 7.84. The van der Waals surface area contributed by atoms with E-state index < -0.39 is 0 Å². The average molecular weight is 442 g/mol. The lowest BCUT2D eigenvalue weighted by Gasteiger charge is -2.32. The zero-order chi connectivity index (χ0) is 22.6. The SMILES string of the molecule is C=C1N(Cc2nc3ccc(Cl)cc3n2NOC)c2cnccc2C1(CC)CCC.CC. The second kappa shape index (κ2) is 9.71. The summed E-state index contributed by atoms with van der Waals surface area (Å²) in [5, 5.41) is 0.649. The molecule has 1 N–H and O–H groups in total. The molecule has 3 heterocycles. The van der Waals surface area contributed by atoms with Crippen LogP contribution in [-0.2, 0) is 16.8 Å². The van der Waals surface area contributed by atoms with E-state index >= 15 is 0 Å². The van der Waals surface area contributed by atoms with Crippen molar-refractivity contribution in [2.45, 2.75) is 58.9 Å². The molecule has 0 saturated heterocycles. The molecule has 7 heteroatoms. The summed E-state index contributed by atoms with van der Waals surface area (Å²) in [5.41, 5.74) is 8.06. The van der Waals surface area contributed by atoms with Gasteiger partial charge in [0.05, 0.1) is 36.6 Å². The number of aromatic nitrogens is 3. The number of allylic oxidation sites excluding steroid dienone is 1. The Morgan fingerprint density at radius 3 is 2.68 bits per heavy atom. The first kappa shape index (κ1) is 23.1. The Hall–Kier alpha value is -2.57. The summed E-state index contributed by atoms with van der Waals surface area (Å²) < 4.78 is 1.83. The molecule has 0 aliphatic carbocycles. The van der Waals surface area contributed by atoms with Crippen LogP contribution in [-0.4, -0.2) is 21.8 Å². The number of anilines is 1. The highest BCUT2D eigenvalue weighted by atomic mass is 35.5. The molecular formula is C24H32ClN5O. The van der Waals surface area contributed by atoms with Gasteiger partial charge in [-0.3, -0.25) is 9.82 Å². The maximum absolute atomic E-state index is 6.21. The summed E-state index contributed by atoms with van der Waals surface area (Å²) >= 11 is 6.21. The first-order valence-corrected chi connectivity index (χ1v) is 11.3. The maximum atomic E-state index is 6.21. The molecule has 1 aliphatic rings. The fourth-order valence-corrected chi connectivity index (χ4v) is 4.73. The molecule has 0 fully saturated rings. The van der Waals surface area contributed by atoms with E-state index in [9.17, 15) is 0 Å². The Morgan fingerprint density at radius 1 is 1.23 bits per heavy atom. The zero-order valence-corrected chi connectivity index (χ0v) is 19.8. The molecule has 0 bridgehead atoms. The van der Waals surface area contributed by atoms with Gasteiger partial charge in [0, 0.05) is 22.3 Å². The van der Waals surface area contributed by atoms with Gasteiger partial charge in [-0.05, 0) is 42.7 Å². The molecule has 1 aliphatic heterocycles. The third-order valence-electron chi connectivity index (χ3n) is 5.93. The molecule has 0 saturated carbocycles. The number of nitrogens with zero attached hydrogens (tertiary/aromatic N) is 4. The van der Waals surface area contributed by atoms with Crippen LogP contribution in [0.25, 0.3) is 11.0 Å². The summed E-state index contributed by atoms with van der Waals surface area (Å²) in [6.45, 7) is 13.5. The molecule has 3 aromatic rings. The molecule has 31 heavy (non-hydrogen) atoms. The lowest BCUT2D eigenvalue weighted by atomic mass is 9.74. The minimum atomic E-state index is -0.0676. The number of hydrogen-bond acceptors (Lipinski definition) is 5. The Kier molecular flexibility index (Phi) is 7.23. The molecule has 1 unspecified atom stereocenters. The highest BCUT2D eigenvalue weighted by molar-refractivity contribution is 6.31. The molecule has 6 nitrogen and oxygen atoms in total. The van der Waals surface area contributed by atoms with E-state index in [2.05, 4.69) is 42.0 Å². The van der Waals surface area contributed by atoms with Crippen LogP contribution in [0, 0.1) is 0 Å². The predicted molar refractivity (Wildman–Crippen MR) is 129 cm³/mol. The number of rotatable bonds is 7. The van der Waals surface area contributed by atoms with Gasteiger partial charge in [-0.1, -0.05) is 52.3 Å². The lowest BCUT2D eigenvalue weighted by molar-refractivity contribution is 0.220. The molecular weight excluding hydrogens is 410 g/mol.